The van der Waals surface area contributed by atoms with E-state index in [2.05, 4.69) is 11.0 Å². The molecule has 12 heavy (non-hydrogen) atoms. The van der Waals surface area contributed by atoms with E-state index in [1.165, 1.54) is 4.68 Å². The summed E-state index contributed by atoms with van der Waals surface area (Å²) in [4.78, 5) is 0. The van der Waals surface area contributed by atoms with Crippen LogP contribution in [0.15, 0.2) is 0 Å². The lowest BCUT2D eigenvalue weighted by molar-refractivity contribution is 0.270. The minimum Gasteiger partial charge on any atom is -0.394 e. The monoisotopic (exact) mass is 166 g/mol. The number of hydrogen-bond acceptors (Lipinski definition) is 4. The summed E-state index contributed by atoms with van der Waals surface area (Å²) in [5, 5.41) is 12.5. The molecular formula is C7H10N4O. The number of aromatic nitrogens is 2. The van der Waals surface area contributed by atoms with Crippen molar-refractivity contribution in [1.82, 2.24) is 9.78 Å². The van der Waals surface area contributed by atoms with E-state index < -0.39 is 0 Å². The lowest BCUT2D eigenvalue weighted by Gasteiger charge is -1.98. The highest BCUT2D eigenvalue weighted by atomic mass is 16.3. The molecular weight excluding hydrogens is 156 g/mol. The van der Waals surface area contributed by atoms with Crippen molar-refractivity contribution in [2.24, 2.45) is 0 Å². The van der Waals surface area contributed by atoms with Gasteiger partial charge in [0.1, 0.15) is 11.5 Å². The van der Waals surface area contributed by atoms with Crippen molar-refractivity contribution in [3.8, 4) is 12.3 Å². The van der Waals surface area contributed by atoms with Crippen molar-refractivity contribution < 1.29 is 5.11 Å². The summed E-state index contributed by atoms with van der Waals surface area (Å²) in [6.45, 7) is 0.257. The van der Waals surface area contributed by atoms with Gasteiger partial charge in [-0.1, -0.05) is 0 Å². The van der Waals surface area contributed by atoms with E-state index in [-0.39, 0.29) is 6.61 Å². The molecule has 0 aliphatic heterocycles. The fourth-order valence-electron chi connectivity index (χ4n) is 0.861. The van der Waals surface area contributed by atoms with Gasteiger partial charge < -0.3 is 16.6 Å². The molecule has 1 aromatic heterocycles. The molecule has 0 spiro atoms. The van der Waals surface area contributed by atoms with Crippen molar-refractivity contribution in [2.75, 3.05) is 18.1 Å². The van der Waals surface area contributed by atoms with E-state index in [9.17, 15) is 0 Å². The zero-order chi connectivity index (χ0) is 9.14. The maximum Gasteiger partial charge on any atom is 0.160 e. The van der Waals surface area contributed by atoms with Gasteiger partial charge >= 0.3 is 0 Å². The second-order valence-corrected chi connectivity index (χ2v) is 2.24. The van der Waals surface area contributed by atoms with Crippen LogP contribution in [0.5, 0.6) is 0 Å². The largest absolute Gasteiger partial charge is 0.394 e. The predicted molar refractivity (Wildman–Crippen MR) is 46.1 cm³/mol. The van der Waals surface area contributed by atoms with Crippen LogP contribution in [-0.4, -0.2) is 21.5 Å². The van der Waals surface area contributed by atoms with Crippen LogP contribution in [-0.2, 0) is 6.54 Å². The number of nitrogen functional groups attached to an aromatic ring is 2. The van der Waals surface area contributed by atoms with Gasteiger partial charge in [0.2, 0.25) is 0 Å². The first-order valence-electron chi connectivity index (χ1n) is 3.40. The fraction of sp³-hybridized carbons (Fsp3) is 0.286. The predicted octanol–water partition coefficient (Wildman–Crippen LogP) is -0.979. The van der Waals surface area contributed by atoms with Gasteiger partial charge in [-0.25, -0.2) is 4.68 Å². The molecule has 0 aliphatic rings. The Hall–Kier alpha value is -1.67. The molecule has 0 radical (unpaired) electrons. The number of hydrogen-bond donors (Lipinski definition) is 3. The van der Waals surface area contributed by atoms with Crippen molar-refractivity contribution in [2.45, 2.75) is 6.54 Å². The number of nitrogens with two attached hydrogens (primary N) is 2. The Labute approximate surface area is 70.0 Å². The van der Waals surface area contributed by atoms with E-state index in [1.807, 2.05) is 0 Å². The van der Waals surface area contributed by atoms with Crippen LogP contribution in [0.3, 0.4) is 0 Å². The number of terminal acetylenes is 1. The van der Waals surface area contributed by atoms with Gasteiger partial charge in [0.25, 0.3) is 0 Å². The Balaban J connectivity index is 3.09. The third-order valence-corrected chi connectivity index (χ3v) is 1.48. The first-order chi connectivity index (χ1) is 5.70. The molecule has 0 fully saturated rings. The average molecular weight is 166 g/mol. The van der Waals surface area contributed by atoms with Gasteiger partial charge in [-0.05, 0) is 5.92 Å². The topological polar surface area (TPSA) is 90.1 Å². The molecule has 5 heteroatoms. The standard InChI is InChI=1S/C7H10N4O/c1-2-5-6(8)7(9)11(10-5)3-4-12/h1,12H,3-4,8-9H2. The Morgan fingerprint density at radius 2 is 2.25 bits per heavy atom. The Bertz CT molecular complexity index is 323. The fourth-order valence-corrected chi connectivity index (χ4v) is 0.861. The summed E-state index contributed by atoms with van der Waals surface area (Å²) in [5.41, 5.74) is 11.7. The number of aliphatic hydroxyl groups is 1. The molecule has 5 nitrogen and oxygen atoms in total. The quantitative estimate of drug-likeness (QED) is 0.492. The molecule has 64 valence electrons. The van der Waals surface area contributed by atoms with Crippen LogP contribution < -0.4 is 11.5 Å². The molecule has 0 amide bonds. The molecule has 0 aromatic carbocycles. The minimum atomic E-state index is -0.0463. The van der Waals surface area contributed by atoms with Crippen LogP contribution in [0.1, 0.15) is 5.69 Å². The normalized spacial score (nSPS) is 9.67. The summed E-state index contributed by atoms with van der Waals surface area (Å²) in [6, 6.07) is 0. The Kier molecular flexibility index (Phi) is 2.21. The minimum absolute atomic E-state index is 0.0463. The smallest absolute Gasteiger partial charge is 0.160 e. The van der Waals surface area contributed by atoms with Gasteiger partial charge in [0.15, 0.2) is 5.69 Å². The Morgan fingerprint density at radius 1 is 1.58 bits per heavy atom. The van der Waals surface area contributed by atoms with Crippen LogP contribution in [0.2, 0.25) is 0 Å². The summed E-state index contributed by atoms with van der Waals surface area (Å²) >= 11 is 0. The number of rotatable bonds is 2. The molecule has 0 saturated heterocycles. The van der Waals surface area contributed by atoms with Crippen molar-refractivity contribution >= 4 is 11.5 Å². The summed E-state index contributed by atoms with van der Waals surface area (Å²) in [7, 11) is 0. The number of nitrogens with zero attached hydrogens (tertiary/aromatic N) is 2. The molecule has 1 heterocycles. The second-order valence-electron chi connectivity index (χ2n) is 2.24. The summed E-state index contributed by atoms with van der Waals surface area (Å²) < 4.78 is 1.38. The van der Waals surface area contributed by atoms with Gasteiger partial charge in [-0.2, -0.15) is 5.10 Å². The maximum absolute atomic E-state index is 8.61. The highest BCUT2D eigenvalue weighted by Gasteiger charge is 2.09. The third kappa shape index (κ3) is 1.20. The summed E-state index contributed by atoms with van der Waals surface area (Å²) in [5.74, 6) is 2.60. The molecule has 0 saturated carbocycles. The van der Waals surface area contributed by atoms with Gasteiger partial charge in [0.05, 0.1) is 13.2 Å². The van der Waals surface area contributed by atoms with E-state index in [1.54, 1.807) is 0 Å². The number of anilines is 2. The lowest BCUT2D eigenvalue weighted by Crippen LogP contribution is -2.08. The van der Waals surface area contributed by atoms with E-state index >= 15 is 0 Å². The number of aliphatic hydroxyl groups excluding tert-OH is 1. The first-order valence-corrected chi connectivity index (χ1v) is 3.40. The molecule has 1 aromatic rings. The molecule has 1 rings (SSSR count). The lowest BCUT2D eigenvalue weighted by atomic mass is 10.4. The van der Waals surface area contributed by atoms with Crippen LogP contribution in [0.4, 0.5) is 11.5 Å². The van der Waals surface area contributed by atoms with Crippen LogP contribution in [0.25, 0.3) is 0 Å². The van der Waals surface area contributed by atoms with Crippen LogP contribution >= 0.6 is 0 Å². The molecule has 0 unspecified atom stereocenters. The van der Waals surface area contributed by atoms with Gasteiger partial charge in [-0.3, -0.25) is 0 Å². The first kappa shape index (κ1) is 8.43. The zero-order valence-corrected chi connectivity index (χ0v) is 6.49. The van der Waals surface area contributed by atoms with Crippen molar-refractivity contribution in [3.05, 3.63) is 5.69 Å². The van der Waals surface area contributed by atoms with Gasteiger partial charge in [0, 0.05) is 0 Å². The SMILES string of the molecule is C#Cc1nn(CCO)c(N)c1N. The van der Waals surface area contributed by atoms with E-state index in [0.29, 0.717) is 23.7 Å². The Morgan fingerprint density at radius 3 is 2.67 bits per heavy atom. The van der Waals surface area contributed by atoms with Crippen LogP contribution in [0, 0.1) is 12.3 Å². The third-order valence-electron chi connectivity index (χ3n) is 1.48. The highest BCUT2D eigenvalue weighted by Crippen LogP contribution is 2.17. The average Bonchev–Trinajstić information content (AvgIpc) is 2.33. The summed E-state index contributed by atoms with van der Waals surface area (Å²) in [6.07, 6.45) is 5.11. The maximum atomic E-state index is 8.61. The molecule has 0 bridgehead atoms. The highest BCUT2D eigenvalue weighted by molar-refractivity contribution is 5.66. The van der Waals surface area contributed by atoms with E-state index in [0.717, 1.165) is 0 Å². The second kappa shape index (κ2) is 3.15. The van der Waals surface area contributed by atoms with E-state index in [4.69, 9.17) is 23.0 Å². The zero-order valence-electron chi connectivity index (χ0n) is 6.49. The van der Waals surface area contributed by atoms with Gasteiger partial charge in [-0.15, -0.1) is 6.42 Å². The van der Waals surface area contributed by atoms with Crippen molar-refractivity contribution in [1.29, 1.82) is 0 Å². The molecule has 0 aliphatic carbocycles. The molecule has 0 atom stereocenters. The van der Waals surface area contributed by atoms with Crippen molar-refractivity contribution in [3.63, 3.8) is 0 Å². The molecule has 5 N–H and O–H groups in total.